The Morgan fingerprint density at radius 1 is 0.889 bits per heavy atom. The molecule has 2 aliphatic heterocycles. The summed E-state index contributed by atoms with van der Waals surface area (Å²) < 4.78 is 47.5. The van der Waals surface area contributed by atoms with Gasteiger partial charge in [0.15, 0.2) is 24.4 Å². The molecule has 1 aromatic rings. The molecule has 296 valence electrons. The number of hydrogen-bond donors (Lipinski definition) is 2. The van der Waals surface area contributed by atoms with Gasteiger partial charge in [0, 0.05) is 40.8 Å². The third-order valence-corrected chi connectivity index (χ3v) is 10.9. The first-order chi connectivity index (χ1) is 25.1. The number of carbonyl (C=O) groups excluding carboxylic acids is 7. The van der Waals surface area contributed by atoms with E-state index in [9.17, 15) is 43.8 Å². The molecule has 12 atom stereocenters. The standard InChI is InChI=1S/C36H45NO17/c1-16-11-12-23-22(10-9-13-37-23)32(45)48-14-33(7)24-25(49-18(3)39)29(51-20(5)41)35(15-47-17(2)38)30(52-21(6)42)26(50-19(4)40)28(53-31(16)44)34(8,46)36(35,54-33)27(24)43/h9-10,13,16,24-30,43,46H,11-12,14-15H2,1-8H3/t16-,24+,25+,26-,27+,28-,29+,30-,33-,34-,35+,36-/m0/s1. The second kappa shape index (κ2) is 14.5. The van der Waals surface area contributed by atoms with Gasteiger partial charge >= 0.3 is 41.8 Å². The number of rotatable bonds is 6. The third-order valence-electron chi connectivity index (χ3n) is 10.9. The Bertz CT molecular complexity index is 1730. The van der Waals surface area contributed by atoms with Crippen molar-refractivity contribution in [2.45, 2.75) is 122 Å². The second-order valence-corrected chi connectivity index (χ2v) is 14.7. The van der Waals surface area contributed by atoms with Gasteiger partial charge in [-0.25, -0.2) is 4.79 Å². The van der Waals surface area contributed by atoms with Crippen LogP contribution in [0, 0.1) is 17.3 Å². The van der Waals surface area contributed by atoms with E-state index in [2.05, 4.69) is 4.98 Å². The summed E-state index contributed by atoms with van der Waals surface area (Å²) in [4.78, 5) is 96.5. The molecule has 3 fully saturated rings. The van der Waals surface area contributed by atoms with E-state index in [0.717, 1.165) is 41.5 Å². The predicted octanol–water partition coefficient (Wildman–Crippen LogP) is 0.292. The first-order valence-corrected chi connectivity index (χ1v) is 17.4. The number of carbonyl (C=O) groups is 7. The Balaban J connectivity index is 1.93. The minimum absolute atomic E-state index is 0.0466. The van der Waals surface area contributed by atoms with Gasteiger partial charge in [0.1, 0.15) is 41.5 Å². The van der Waals surface area contributed by atoms with Gasteiger partial charge in [-0.05, 0) is 38.8 Å². The van der Waals surface area contributed by atoms with Crippen LogP contribution in [-0.2, 0) is 73.1 Å². The second-order valence-electron chi connectivity index (χ2n) is 14.7. The molecule has 0 aromatic carbocycles. The molecule has 3 heterocycles. The molecule has 1 saturated heterocycles. The van der Waals surface area contributed by atoms with E-state index in [1.807, 2.05) is 0 Å². The van der Waals surface area contributed by atoms with Crippen LogP contribution in [0.3, 0.4) is 0 Å². The van der Waals surface area contributed by atoms with Crippen LogP contribution >= 0.6 is 0 Å². The van der Waals surface area contributed by atoms with Gasteiger partial charge in [0.2, 0.25) is 0 Å². The summed E-state index contributed by atoms with van der Waals surface area (Å²) in [6, 6.07) is 2.97. The van der Waals surface area contributed by atoms with Gasteiger partial charge in [0.05, 0.1) is 29.2 Å². The number of fused-ring (bicyclic) bond motifs is 5. The monoisotopic (exact) mass is 763 g/mol. The molecule has 2 saturated carbocycles. The Labute approximate surface area is 310 Å². The molecule has 1 spiro atoms. The summed E-state index contributed by atoms with van der Waals surface area (Å²) in [6.45, 7) is 7.22. The maximum absolute atomic E-state index is 14.0. The fourth-order valence-corrected chi connectivity index (χ4v) is 8.87. The Morgan fingerprint density at radius 2 is 1.46 bits per heavy atom. The van der Waals surface area contributed by atoms with E-state index in [1.165, 1.54) is 32.2 Å². The Kier molecular flexibility index (Phi) is 10.9. The van der Waals surface area contributed by atoms with E-state index < -0.39 is 126 Å². The lowest BCUT2D eigenvalue weighted by atomic mass is 9.45. The zero-order valence-corrected chi connectivity index (χ0v) is 31.1. The van der Waals surface area contributed by atoms with Crippen LogP contribution in [0.4, 0.5) is 0 Å². The number of hydrogen-bond acceptors (Lipinski definition) is 18. The van der Waals surface area contributed by atoms with Crippen molar-refractivity contribution in [1.29, 1.82) is 0 Å². The SMILES string of the molecule is CC(=O)OC[C@]12[C@H](OC(C)=O)[C@H](OC(C)=O)[C@@H]3[C@@H](O)[C@@]14O[C@@]3(C)COC(=O)c1cccnc1CC[C@H](C)C(=O)O[C@@H]([C@H](OC(C)=O)[C@@H]2OC(C)=O)[C@]4(C)O. The zero-order valence-electron chi connectivity index (χ0n) is 31.1. The van der Waals surface area contributed by atoms with Crippen LogP contribution in [0.2, 0.25) is 0 Å². The molecule has 18 heteroatoms. The molecule has 54 heavy (non-hydrogen) atoms. The Morgan fingerprint density at radius 3 is 2.04 bits per heavy atom. The van der Waals surface area contributed by atoms with Crippen molar-refractivity contribution >= 4 is 41.8 Å². The first-order valence-electron chi connectivity index (χ1n) is 17.4. The van der Waals surface area contributed by atoms with Crippen molar-refractivity contribution in [3.8, 4) is 0 Å². The Hall–Kier alpha value is -4.68. The van der Waals surface area contributed by atoms with Gasteiger partial charge in [0.25, 0.3) is 0 Å². The summed E-state index contributed by atoms with van der Waals surface area (Å²) in [6.07, 6.45) is -10.3. The largest absolute Gasteiger partial charge is 0.465 e. The molecule has 4 bridgehead atoms. The molecule has 0 amide bonds. The molecule has 18 nitrogen and oxygen atoms in total. The van der Waals surface area contributed by atoms with Crippen molar-refractivity contribution in [2.75, 3.05) is 13.2 Å². The molecule has 1 aromatic heterocycles. The van der Waals surface area contributed by atoms with Crippen molar-refractivity contribution < 1.29 is 81.7 Å². The minimum atomic E-state index is -2.76. The van der Waals surface area contributed by atoms with Gasteiger partial charge in [-0.2, -0.15) is 0 Å². The van der Waals surface area contributed by atoms with Crippen LogP contribution in [0.15, 0.2) is 18.3 Å². The van der Waals surface area contributed by atoms with E-state index in [4.69, 9.17) is 37.9 Å². The number of aliphatic hydroxyl groups excluding tert-OH is 1. The van der Waals surface area contributed by atoms with Crippen LogP contribution in [0.1, 0.15) is 77.9 Å². The highest BCUT2D eigenvalue weighted by molar-refractivity contribution is 5.90. The van der Waals surface area contributed by atoms with E-state index in [0.29, 0.717) is 0 Å². The zero-order chi connectivity index (χ0) is 40.1. The minimum Gasteiger partial charge on any atom is -0.465 e. The number of aliphatic hydroxyl groups is 2. The summed E-state index contributed by atoms with van der Waals surface area (Å²) in [5, 5.41) is 25.8. The number of ether oxygens (including phenoxy) is 8. The van der Waals surface area contributed by atoms with E-state index in [1.54, 1.807) is 0 Å². The highest BCUT2D eigenvalue weighted by Crippen LogP contribution is 2.69. The van der Waals surface area contributed by atoms with Crippen LogP contribution < -0.4 is 0 Å². The number of esters is 7. The summed E-state index contributed by atoms with van der Waals surface area (Å²) in [7, 11) is 0. The lowest BCUT2D eigenvalue weighted by Gasteiger charge is -2.67. The van der Waals surface area contributed by atoms with Crippen molar-refractivity contribution in [3.63, 3.8) is 0 Å². The first kappa shape index (κ1) is 40.5. The molecule has 4 aliphatic rings. The normalized spacial score (nSPS) is 38.6. The van der Waals surface area contributed by atoms with Crippen molar-refractivity contribution in [1.82, 2.24) is 4.98 Å². The van der Waals surface area contributed by atoms with Gasteiger partial charge in [-0.1, -0.05) is 6.92 Å². The van der Waals surface area contributed by atoms with Gasteiger partial charge in [-0.3, -0.25) is 33.8 Å². The molecule has 2 N–H and O–H groups in total. The molecule has 0 unspecified atom stereocenters. The van der Waals surface area contributed by atoms with E-state index >= 15 is 0 Å². The summed E-state index contributed by atoms with van der Waals surface area (Å²) in [5.74, 6) is -9.34. The number of aromatic nitrogens is 1. The van der Waals surface area contributed by atoms with Crippen LogP contribution in [0.25, 0.3) is 0 Å². The quantitative estimate of drug-likeness (QED) is 0.292. The molecule has 2 aliphatic carbocycles. The topological polar surface area (TPSA) is 247 Å². The average molecular weight is 764 g/mol. The maximum atomic E-state index is 14.0. The highest BCUT2D eigenvalue weighted by Gasteiger charge is 2.90. The number of cyclic esters (lactones) is 1. The van der Waals surface area contributed by atoms with Crippen molar-refractivity contribution in [3.05, 3.63) is 29.6 Å². The summed E-state index contributed by atoms with van der Waals surface area (Å²) >= 11 is 0. The smallest absolute Gasteiger partial charge is 0.340 e. The van der Waals surface area contributed by atoms with Gasteiger partial charge in [-0.15, -0.1) is 0 Å². The number of aryl methyl sites for hydroxylation is 1. The van der Waals surface area contributed by atoms with Crippen LogP contribution in [-0.4, -0.2) is 124 Å². The third kappa shape index (κ3) is 6.46. The highest BCUT2D eigenvalue weighted by atomic mass is 16.7. The molecular weight excluding hydrogens is 718 g/mol. The van der Waals surface area contributed by atoms with Crippen molar-refractivity contribution in [2.24, 2.45) is 17.3 Å². The molecular formula is C36H45NO17. The maximum Gasteiger partial charge on any atom is 0.340 e. The summed E-state index contributed by atoms with van der Waals surface area (Å²) in [5.41, 5.74) is -9.71. The molecule has 0 radical (unpaired) electrons. The average Bonchev–Trinajstić information content (AvgIpc) is 3.27. The van der Waals surface area contributed by atoms with Crippen LogP contribution in [0.5, 0.6) is 0 Å². The lowest BCUT2D eigenvalue weighted by Crippen LogP contribution is -2.89. The van der Waals surface area contributed by atoms with E-state index in [-0.39, 0.29) is 24.1 Å². The predicted molar refractivity (Wildman–Crippen MR) is 176 cm³/mol. The fraction of sp³-hybridized carbons (Fsp3) is 0.667. The van der Waals surface area contributed by atoms with Gasteiger partial charge < -0.3 is 48.1 Å². The fourth-order valence-electron chi connectivity index (χ4n) is 8.87. The molecule has 5 rings (SSSR count). The number of pyridine rings is 1. The number of nitrogens with zero attached hydrogens (tertiary/aromatic N) is 1. The lowest BCUT2D eigenvalue weighted by molar-refractivity contribution is -0.386.